The van der Waals surface area contributed by atoms with Crippen molar-refractivity contribution in [3.63, 3.8) is 0 Å². The van der Waals surface area contributed by atoms with Gasteiger partial charge in [0.1, 0.15) is 6.04 Å². The molecule has 0 spiro atoms. The fourth-order valence-corrected chi connectivity index (χ4v) is 2.59. The summed E-state index contributed by atoms with van der Waals surface area (Å²) in [6.45, 7) is 11.5. The maximum Gasteiger partial charge on any atom is 0.253 e. The minimum Gasteiger partial charge on any atom is -0.355 e. The van der Waals surface area contributed by atoms with Crippen molar-refractivity contribution in [3.05, 3.63) is 12.2 Å². The van der Waals surface area contributed by atoms with Gasteiger partial charge in [-0.2, -0.15) is 0 Å². The third-order valence-electron chi connectivity index (χ3n) is 4.20. The number of rotatable bonds is 13. The number of carbonyl (C=O) groups excluding carboxylic acids is 6. The zero-order chi connectivity index (χ0) is 26.5. The smallest absolute Gasteiger partial charge is 0.253 e. The molecule has 1 aliphatic rings. The van der Waals surface area contributed by atoms with Crippen LogP contribution in [0.4, 0.5) is 0 Å². The lowest BCUT2D eigenvalue weighted by atomic mass is 10.2. The third kappa shape index (κ3) is 14.8. The van der Waals surface area contributed by atoms with Crippen molar-refractivity contribution in [2.45, 2.75) is 73.3 Å². The van der Waals surface area contributed by atoms with E-state index in [2.05, 4.69) is 21.3 Å². The van der Waals surface area contributed by atoms with Crippen molar-refractivity contribution in [2.24, 2.45) is 0 Å². The molecule has 1 aliphatic heterocycles. The highest BCUT2D eigenvalue weighted by Crippen LogP contribution is 2.07. The first kappa shape index (κ1) is 32.9. The first-order valence-corrected chi connectivity index (χ1v) is 11.9. The molecule has 0 radical (unpaired) electrons. The molecule has 0 saturated heterocycles. The van der Waals surface area contributed by atoms with Gasteiger partial charge < -0.3 is 21.3 Å². The summed E-state index contributed by atoms with van der Waals surface area (Å²) in [6, 6.07) is -0.852. The van der Waals surface area contributed by atoms with Crippen LogP contribution in [0.2, 0.25) is 0 Å². The van der Waals surface area contributed by atoms with Crippen LogP contribution in [-0.4, -0.2) is 72.6 Å². The minimum absolute atomic E-state index is 0.180. The lowest BCUT2D eigenvalue weighted by Crippen LogP contribution is -2.49. The van der Waals surface area contributed by atoms with Crippen LogP contribution in [0, 0.1) is 0 Å². The van der Waals surface area contributed by atoms with Crippen molar-refractivity contribution in [1.82, 2.24) is 26.2 Å². The third-order valence-corrected chi connectivity index (χ3v) is 4.20. The van der Waals surface area contributed by atoms with Gasteiger partial charge in [0.05, 0.1) is 13.1 Å². The molecule has 6 amide bonds. The van der Waals surface area contributed by atoms with E-state index >= 15 is 0 Å². The molecule has 34 heavy (non-hydrogen) atoms. The van der Waals surface area contributed by atoms with E-state index in [0.29, 0.717) is 32.4 Å². The quantitative estimate of drug-likeness (QED) is 0.220. The van der Waals surface area contributed by atoms with Crippen LogP contribution in [0.15, 0.2) is 12.2 Å². The Morgan fingerprint density at radius 1 is 0.794 bits per heavy atom. The van der Waals surface area contributed by atoms with E-state index in [4.69, 9.17) is 0 Å². The van der Waals surface area contributed by atoms with Gasteiger partial charge in [0, 0.05) is 31.7 Å². The second-order valence-corrected chi connectivity index (χ2v) is 6.71. The van der Waals surface area contributed by atoms with Crippen LogP contribution in [0.25, 0.3) is 0 Å². The predicted octanol–water partition coefficient (Wildman–Crippen LogP) is 0.397. The Hall–Kier alpha value is -3.24. The number of nitrogens with zero attached hydrogens (tertiary/aromatic N) is 1. The van der Waals surface area contributed by atoms with Gasteiger partial charge in [0.15, 0.2) is 0 Å². The lowest BCUT2D eigenvalue weighted by Gasteiger charge is -2.14. The maximum absolute atomic E-state index is 11.8. The summed E-state index contributed by atoms with van der Waals surface area (Å²) < 4.78 is 0. The largest absolute Gasteiger partial charge is 0.355 e. The number of hydrogen-bond acceptors (Lipinski definition) is 6. The Bertz CT molecular complexity index is 690. The van der Waals surface area contributed by atoms with E-state index in [0.717, 1.165) is 4.90 Å². The molecule has 0 fully saturated rings. The summed E-state index contributed by atoms with van der Waals surface area (Å²) in [5, 5.41) is 9.83. The highest BCUT2D eigenvalue weighted by Gasteiger charge is 2.22. The fourth-order valence-electron chi connectivity index (χ4n) is 2.59. The average molecular weight is 484 g/mol. The van der Waals surface area contributed by atoms with Crippen LogP contribution in [0.1, 0.15) is 67.2 Å². The van der Waals surface area contributed by atoms with Crippen LogP contribution in [0.5, 0.6) is 0 Å². The van der Waals surface area contributed by atoms with Crippen LogP contribution in [0.3, 0.4) is 0 Å². The Kier molecular flexibility index (Phi) is 19.7. The Balaban J connectivity index is 0. The summed E-state index contributed by atoms with van der Waals surface area (Å²) in [4.78, 5) is 70.7. The number of likely N-dealkylation sites (N-methyl/N-ethyl adjacent to an activating group) is 1. The minimum atomic E-state index is -0.852. The second kappa shape index (κ2) is 20.4. The zero-order valence-corrected chi connectivity index (χ0v) is 21.3. The van der Waals surface area contributed by atoms with Gasteiger partial charge in [-0.05, 0) is 26.7 Å². The van der Waals surface area contributed by atoms with E-state index in [-0.39, 0.29) is 43.1 Å². The molecule has 1 atom stereocenters. The molecule has 1 heterocycles. The average Bonchev–Trinajstić information content (AvgIpc) is 3.15. The first-order valence-electron chi connectivity index (χ1n) is 11.9. The predicted molar refractivity (Wildman–Crippen MR) is 129 cm³/mol. The van der Waals surface area contributed by atoms with Gasteiger partial charge in [-0.25, -0.2) is 0 Å². The molecule has 0 aliphatic carbocycles. The van der Waals surface area contributed by atoms with Crippen LogP contribution >= 0.6 is 0 Å². The van der Waals surface area contributed by atoms with Crippen molar-refractivity contribution in [1.29, 1.82) is 0 Å². The monoisotopic (exact) mass is 483 g/mol. The zero-order valence-electron chi connectivity index (χ0n) is 21.3. The fraction of sp³-hybridized carbons (Fsp3) is 0.652. The highest BCUT2D eigenvalue weighted by molar-refractivity contribution is 6.12. The molecule has 194 valence electrons. The molecule has 0 aromatic heterocycles. The number of imide groups is 1. The Morgan fingerprint density at radius 2 is 1.35 bits per heavy atom. The number of nitrogens with one attached hydrogen (secondary N) is 4. The summed E-state index contributed by atoms with van der Waals surface area (Å²) in [6.07, 6.45) is 4.46. The topological polar surface area (TPSA) is 154 Å². The molecule has 1 rings (SSSR count). The number of amides is 6. The van der Waals surface area contributed by atoms with Crippen molar-refractivity contribution in [2.75, 3.05) is 26.2 Å². The molecule has 0 aromatic rings. The van der Waals surface area contributed by atoms with E-state index in [1.54, 1.807) is 6.92 Å². The van der Waals surface area contributed by atoms with E-state index < -0.39 is 17.9 Å². The molecular formula is C23H41N5O6. The Labute approximate surface area is 202 Å². The number of carbonyl (C=O) groups is 6. The highest BCUT2D eigenvalue weighted by atomic mass is 16.2. The number of unbranched alkanes of at least 4 members (excludes halogenated alkanes) is 2. The summed E-state index contributed by atoms with van der Waals surface area (Å²) in [5.41, 5.74) is 0. The molecular weight excluding hydrogens is 442 g/mol. The van der Waals surface area contributed by atoms with E-state index in [1.807, 2.05) is 27.7 Å². The van der Waals surface area contributed by atoms with Crippen molar-refractivity contribution >= 4 is 35.4 Å². The van der Waals surface area contributed by atoms with E-state index in [1.165, 1.54) is 19.1 Å². The lowest BCUT2D eigenvalue weighted by molar-refractivity contribution is -0.137. The van der Waals surface area contributed by atoms with E-state index in [9.17, 15) is 28.8 Å². The molecule has 0 bridgehead atoms. The van der Waals surface area contributed by atoms with Gasteiger partial charge in [-0.3, -0.25) is 33.7 Å². The summed E-state index contributed by atoms with van der Waals surface area (Å²) in [5.74, 6) is -2.32. The van der Waals surface area contributed by atoms with Gasteiger partial charge >= 0.3 is 0 Å². The molecule has 11 heteroatoms. The SMILES string of the molecule is CC.CC.CCNC(=O)CNC(=O)C(C)NC(=O)CNC(=O)CCCCCN1C(=O)C=CC1=O. The summed E-state index contributed by atoms with van der Waals surface area (Å²) >= 11 is 0. The molecule has 0 saturated carbocycles. The maximum atomic E-state index is 11.8. The molecule has 11 nitrogen and oxygen atoms in total. The van der Waals surface area contributed by atoms with Gasteiger partial charge in [-0.15, -0.1) is 0 Å². The van der Waals surface area contributed by atoms with Gasteiger partial charge in [-0.1, -0.05) is 34.1 Å². The van der Waals surface area contributed by atoms with Crippen LogP contribution in [-0.2, 0) is 28.8 Å². The van der Waals surface area contributed by atoms with Gasteiger partial charge in [0.2, 0.25) is 23.6 Å². The second-order valence-electron chi connectivity index (χ2n) is 6.71. The van der Waals surface area contributed by atoms with Crippen molar-refractivity contribution in [3.8, 4) is 0 Å². The molecule has 0 aromatic carbocycles. The Morgan fingerprint density at radius 3 is 1.91 bits per heavy atom. The van der Waals surface area contributed by atoms with Crippen LogP contribution < -0.4 is 21.3 Å². The molecule has 4 N–H and O–H groups in total. The molecule has 1 unspecified atom stereocenters. The normalized spacial score (nSPS) is 12.5. The summed E-state index contributed by atoms with van der Waals surface area (Å²) in [7, 11) is 0. The van der Waals surface area contributed by atoms with Gasteiger partial charge in [0.25, 0.3) is 11.8 Å². The number of hydrogen-bond donors (Lipinski definition) is 4. The first-order chi connectivity index (χ1) is 16.2. The van der Waals surface area contributed by atoms with Crippen molar-refractivity contribution < 1.29 is 28.8 Å². The standard InChI is InChI=1S/C19H29N5O6.2C2H6/c1-3-20-15(26)11-22-19(30)13(2)23-16(27)12-21-14(25)7-5-4-6-10-24-17(28)8-9-18(24)29;2*1-2/h8-9,13H,3-7,10-12H2,1-2H3,(H,20,26)(H,21,25)(H,22,30)(H,23,27);2*1-2H3.